The number of aryl methyl sites for hydroxylation is 1. The summed E-state index contributed by atoms with van der Waals surface area (Å²) in [6, 6.07) is 35.7. The van der Waals surface area contributed by atoms with Gasteiger partial charge >= 0.3 is 12.1 Å². The molecule has 6 heteroatoms. The second-order valence-electron chi connectivity index (χ2n) is 12.1. The molecule has 5 aromatic carbocycles. The molecule has 1 aromatic heterocycles. The van der Waals surface area contributed by atoms with Crippen LogP contribution in [0.5, 0.6) is 11.5 Å². The van der Waals surface area contributed by atoms with E-state index in [0.29, 0.717) is 23.3 Å². The maximum absolute atomic E-state index is 13.9. The van der Waals surface area contributed by atoms with Crippen LogP contribution in [-0.4, -0.2) is 29.3 Å². The van der Waals surface area contributed by atoms with Gasteiger partial charge in [-0.1, -0.05) is 91.0 Å². The fourth-order valence-electron chi connectivity index (χ4n) is 5.81. The van der Waals surface area contributed by atoms with E-state index in [1.165, 1.54) is 11.7 Å². The number of hydrogen-bond acceptors (Lipinski definition) is 5. The van der Waals surface area contributed by atoms with Crippen molar-refractivity contribution in [3.8, 4) is 22.6 Å². The van der Waals surface area contributed by atoms with Gasteiger partial charge in [0.1, 0.15) is 22.8 Å². The number of aromatic nitrogens is 1. The van der Waals surface area contributed by atoms with Gasteiger partial charge < -0.3 is 14.2 Å². The van der Waals surface area contributed by atoms with Crippen LogP contribution in [-0.2, 0) is 15.9 Å². The number of esters is 1. The summed E-state index contributed by atoms with van der Waals surface area (Å²) < 4.78 is 18.9. The Hall–Kier alpha value is -5.36. The fourth-order valence-corrected chi connectivity index (χ4v) is 5.81. The number of para-hydroxylation sites is 1. The number of methoxy groups -OCH3 is 1. The van der Waals surface area contributed by atoms with Gasteiger partial charge in [-0.3, -0.25) is 0 Å². The van der Waals surface area contributed by atoms with Gasteiger partial charge in [0.2, 0.25) is 0 Å². The number of hydrogen-bond donors (Lipinski definition) is 0. The summed E-state index contributed by atoms with van der Waals surface area (Å²) in [5, 5.41) is 2.87. The lowest BCUT2D eigenvalue weighted by atomic mass is 9.96. The van der Waals surface area contributed by atoms with Gasteiger partial charge in [0.05, 0.1) is 12.6 Å². The van der Waals surface area contributed by atoms with Crippen LogP contribution in [0.3, 0.4) is 0 Å². The number of rotatable bonds is 6. The van der Waals surface area contributed by atoms with E-state index in [2.05, 4.69) is 12.1 Å². The Kier molecular flexibility index (Phi) is 7.90. The maximum atomic E-state index is 13.9. The molecule has 0 unspecified atom stereocenters. The molecule has 45 heavy (non-hydrogen) atoms. The Labute approximate surface area is 262 Å². The van der Waals surface area contributed by atoms with E-state index in [-0.39, 0.29) is 5.69 Å². The van der Waals surface area contributed by atoms with Crippen LogP contribution >= 0.6 is 0 Å². The van der Waals surface area contributed by atoms with Crippen LogP contribution in [0, 0.1) is 6.92 Å². The zero-order chi connectivity index (χ0) is 31.7. The van der Waals surface area contributed by atoms with Crippen LogP contribution in [0.25, 0.3) is 32.8 Å². The molecule has 0 aliphatic carbocycles. The summed E-state index contributed by atoms with van der Waals surface area (Å²) in [6.45, 7) is 7.44. The van der Waals surface area contributed by atoms with E-state index in [4.69, 9.17) is 14.2 Å². The third-order valence-electron chi connectivity index (χ3n) is 7.74. The summed E-state index contributed by atoms with van der Waals surface area (Å²) in [7, 11) is 1.32. The molecule has 6 nitrogen and oxygen atoms in total. The molecule has 6 rings (SSSR count). The smallest absolute Gasteiger partial charge is 0.419 e. The second-order valence-corrected chi connectivity index (χ2v) is 12.1. The molecular formula is C39H35NO5. The quantitative estimate of drug-likeness (QED) is 0.179. The van der Waals surface area contributed by atoms with Gasteiger partial charge in [-0.25, -0.2) is 14.2 Å². The number of ether oxygens (including phenoxy) is 3. The Morgan fingerprint density at radius 3 is 2.20 bits per heavy atom. The molecule has 0 aliphatic rings. The minimum absolute atomic E-state index is 0.142. The van der Waals surface area contributed by atoms with E-state index in [9.17, 15) is 9.59 Å². The normalized spacial score (nSPS) is 11.5. The molecule has 0 amide bonds. The van der Waals surface area contributed by atoms with Crippen molar-refractivity contribution in [1.82, 2.24) is 4.57 Å². The molecule has 0 aliphatic heterocycles. The van der Waals surface area contributed by atoms with Crippen LogP contribution in [0.4, 0.5) is 4.79 Å². The average molecular weight is 598 g/mol. The number of nitrogens with zero attached hydrogens (tertiary/aromatic N) is 1. The minimum atomic E-state index is -0.786. The Balaban J connectivity index is 1.52. The number of carbonyl (C=O) groups is 2. The summed E-state index contributed by atoms with van der Waals surface area (Å²) in [4.78, 5) is 27.5. The number of fused-ring (bicyclic) bond motifs is 2. The summed E-state index contributed by atoms with van der Waals surface area (Å²) >= 11 is 0. The van der Waals surface area contributed by atoms with Crippen molar-refractivity contribution in [3.63, 3.8) is 0 Å². The van der Waals surface area contributed by atoms with E-state index in [1.54, 1.807) is 20.8 Å². The van der Waals surface area contributed by atoms with E-state index in [1.807, 2.05) is 104 Å². The molecule has 0 saturated carbocycles. The van der Waals surface area contributed by atoms with Crippen molar-refractivity contribution >= 4 is 33.7 Å². The predicted molar refractivity (Wildman–Crippen MR) is 178 cm³/mol. The topological polar surface area (TPSA) is 66.8 Å². The van der Waals surface area contributed by atoms with Gasteiger partial charge in [-0.2, -0.15) is 0 Å². The maximum Gasteiger partial charge on any atom is 0.419 e. The highest BCUT2D eigenvalue weighted by atomic mass is 16.6. The standard InChI is InChI=1S/C39H35NO5/c1-25-13-6-8-18-29(25)31-20-12-21-32-33(36(37(41)43-5)40(35(31)32)38(42)45-39(2,3)4)24-26-14-10-17-28(23-26)44-34-22-11-16-27-15-7-9-19-30(27)34/h6-23H,24H2,1-5H3. The van der Waals surface area contributed by atoms with Gasteiger partial charge in [0.15, 0.2) is 0 Å². The molecule has 226 valence electrons. The molecule has 0 bridgehead atoms. The molecule has 0 N–H and O–H groups in total. The van der Waals surface area contributed by atoms with Crippen molar-refractivity contribution in [1.29, 1.82) is 0 Å². The van der Waals surface area contributed by atoms with Crippen LogP contribution in [0.15, 0.2) is 109 Å². The molecule has 1 heterocycles. The SMILES string of the molecule is COC(=O)c1c(Cc2cccc(Oc3cccc4ccccc34)c2)c2cccc(-c3ccccc3C)c2n1C(=O)OC(C)(C)C. The minimum Gasteiger partial charge on any atom is -0.464 e. The number of benzene rings is 5. The molecule has 0 saturated heterocycles. The highest BCUT2D eigenvalue weighted by Gasteiger charge is 2.31. The molecular weight excluding hydrogens is 562 g/mol. The Morgan fingerprint density at radius 2 is 1.42 bits per heavy atom. The van der Waals surface area contributed by atoms with Crippen molar-refractivity contribution in [3.05, 3.63) is 132 Å². The first-order chi connectivity index (χ1) is 21.6. The van der Waals surface area contributed by atoms with Crippen molar-refractivity contribution in [2.45, 2.75) is 39.7 Å². The largest absolute Gasteiger partial charge is 0.464 e. The molecule has 0 atom stereocenters. The van der Waals surface area contributed by atoms with E-state index < -0.39 is 17.7 Å². The highest BCUT2D eigenvalue weighted by Crippen LogP contribution is 2.38. The zero-order valence-corrected chi connectivity index (χ0v) is 26.1. The average Bonchev–Trinajstić information content (AvgIpc) is 3.35. The number of carbonyl (C=O) groups excluding carboxylic acids is 2. The van der Waals surface area contributed by atoms with Gasteiger partial charge in [-0.05, 0) is 73.5 Å². The van der Waals surface area contributed by atoms with Crippen molar-refractivity contribution < 1.29 is 23.8 Å². The summed E-state index contributed by atoms with van der Waals surface area (Å²) in [5.41, 5.74) is 4.35. The summed E-state index contributed by atoms with van der Waals surface area (Å²) in [5.74, 6) is 0.802. The molecule has 0 spiro atoms. The first-order valence-electron chi connectivity index (χ1n) is 14.9. The van der Waals surface area contributed by atoms with E-state index >= 15 is 0 Å². The van der Waals surface area contributed by atoms with Crippen LogP contribution in [0.2, 0.25) is 0 Å². The van der Waals surface area contributed by atoms with E-state index in [0.717, 1.165) is 44.2 Å². The lowest BCUT2D eigenvalue weighted by Crippen LogP contribution is -2.29. The van der Waals surface area contributed by atoms with Gasteiger partial charge in [0.25, 0.3) is 0 Å². The van der Waals surface area contributed by atoms with Gasteiger partial charge in [0, 0.05) is 22.8 Å². The third-order valence-corrected chi connectivity index (χ3v) is 7.74. The third kappa shape index (κ3) is 5.92. The molecule has 0 radical (unpaired) electrons. The van der Waals surface area contributed by atoms with Crippen molar-refractivity contribution in [2.24, 2.45) is 0 Å². The van der Waals surface area contributed by atoms with Crippen LogP contribution < -0.4 is 4.74 Å². The highest BCUT2D eigenvalue weighted by molar-refractivity contribution is 6.09. The fraction of sp³-hybridized carbons (Fsp3) is 0.179. The van der Waals surface area contributed by atoms with Gasteiger partial charge in [-0.15, -0.1) is 0 Å². The Bertz CT molecular complexity index is 2060. The lowest BCUT2D eigenvalue weighted by Gasteiger charge is -2.21. The lowest BCUT2D eigenvalue weighted by molar-refractivity contribution is 0.0489. The monoisotopic (exact) mass is 597 g/mol. The summed E-state index contributed by atoms with van der Waals surface area (Å²) in [6.07, 6.45) is -0.297. The predicted octanol–water partition coefficient (Wildman–Crippen LogP) is 9.72. The zero-order valence-electron chi connectivity index (χ0n) is 26.1. The molecule has 0 fully saturated rings. The Morgan fingerprint density at radius 1 is 0.756 bits per heavy atom. The molecule has 6 aromatic rings. The van der Waals surface area contributed by atoms with Crippen molar-refractivity contribution in [2.75, 3.05) is 7.11 Å². The first kappa shape index (κ1) is 29.7. The second kappa shape index (κ2) is 12.0. The van der Waals surface area contributed by atoms with Crippen LogP contribution in [0.1, 0.15) is 48.0 Å². The first-order valence-corrected chi connectivity index (χ1v) is 14.9.